The number of hydrogen-bond acceptors (Lipinski definition) is 8. The molecule has 1 atom stereocenters. The third-order valence-electron chi connectivity index (χ3n) is 2.30. The van der Waals surface area contributed by atoms with E-state index in [2.05, 4.69) is 12.7 Å². The average molecular weight is 421 g/mol. The second-order valence-electron chi connectivity index (χ2n) is 4.13. The zero-order valence-corrected chi connectivity index (χ0v) is 15.0. The largest absolute Gasteiger partial charge is 0.740 e. The second-order valence-corrected chi connectivity index (χ2v) is 8.41. The number of halogens is 1. The molecule has 0 aliphatic heterocycles. The van der Waals surface area contributed by atoms with Gasteiger partial charge in [0.25, 0.3) is 0 Å². The predicted octanol–water partition coefficient (Wildman–Crippen LogP) is -0.229. The van der Waals surface area contributed by atoms with Crippen molar-refractivity contribution in [3.05, 3.63) is 53.1 Å². The molecule has 4 N–H and O–H groups in total. The van der Waals surface area contributed by atoms with Gasteiger partial charge in [-0.1, -0.05) is 4.98 Å². The molecule has 10 nitrogen and oxygen atoms in total. The number of nitrogens with two attached hydrogens (primary N) is 1. The van der Waals surface area contributed by atoms with Crippen LogP contribution in [0.4, 0.5) is 5.82 Å². The Morgan fingerprint density at radius 1 is 1.46 bits per heavy atom. The number of amides is 1. The van der Waals surface area contributed by atoms with Crippen molar-refractivity contribution in [3.63, 3.8) is 0 Å². The zero-order valence-electron chi connectivity index (χ0n) is 12.3. The van der Waals surface area contributed by atoms with Crippen LogP contribution in [-0.2, 0) is 16.2 Å². The quantitative estimate of drug-likeness (QED) is 0.153. The summed E-state index contributed by atoms with van der Waals surface area (Å²) in [6, 6.07) is 9.16. The van der Waals surface area contributed by atoms with Crippen LogP contribution in [0.15, 0.2) is 42.7 Å². The van der Waals surface area contributed by atoms with Crippen LogP contribution in [0.2, 0.25) is 5.15 Å². The number of hydrogen-bond donors (Lipinski definition) is 3. The summed E-state index contributed by atoms with van der Waals surface area (Å²) >= 11 is 0.822. The fraction of sp³-hybridized carbons (Fsp3) is 0.0833. The first-order valence-corrected chi connectivity index (χ1v) is 9.84. The Kier molecular flexibility index (Phi) is 7.69. The molecule has 0 fully saturated rings. The fourth-order valence-corrected chi connectivity index (χ4v) is 3.54. The van der Waals surface area contributed by atoms with Gasteiger partial charge in [-0.05, 0) is 11.6 Å². The molecule has 130 valence electrons. The molecule has 0 radical (unpaired) electrons. The summed E-state index contributed by atoms with van der Waals surface area (Å²) in [6.45, 7) is 1.18. The summed E-state index contributed by atoms with van der Waals surface area (Å²) in [5, 5.41) is 19.2. The number of carbonyl (C=O) groups is 1. The van der Waals surface area contributed by atoms with Crippen molar-refractivity contribution >= 4 is 41.8 Å². The minimum absolute atomic E-state index is 0.0509. The molecule has 0 bridgehead atoms. The standard InChI is InChI=1S/C8H10AsNO5.C4H4ClN3O/c1-7(11)10-14-9(12,15-13)8-5-3-2-4-6-8;5-3-1-4(6)8(9)2-7-3/h2-6,13H,1H3,(H,10,11);1-2H,6H2. The van der Waals surface area contributed by atoms with Gasteiger partial charge in [0.1, 0.15) is 0 Å². The number of rotatable bonds is 4. The number of nitrogens with zero attached hydrogens (tertiary/aromatic N) is 2. The normalized spacial score (nSPS) is 12.5. The maximum Gasteiger partial charge on any atom is 0.227 e. The molecule has 0 spiro atoms. The molecule has 0 aliphatic rings. The molecule has 1 heterocycles. The molecule has 2 rings (SSSR count). The molecule has 24 heavy (non-hydrogen) atoms. The molecule has 1 amide bonds. The minimum atomic E-state index is -4.55. The number of aromatic nitrogens is 2. The molecule has 12 heteroatoms. The van der Waals surface area contributed by atoms with Crippen LogP contribution in [0.25, 0.3) is 0 Å². The monoisotopic (exact) mass is 420 g/mol. The van der Waals surface area contributed by atoms with Crippen molar-refractivity contribution < 1.29 is 26.2 Å². The number of nitrogens with one attached hydrogen (secondary N) is 1. The minimum Gasteiger partial charge on any atom is -0.740 e. The number of benzene rings is 1. The van der Waals surface area contributed by atoms with E-state index < -0.39 is 20.1 Å². The van der Waals surface area contributed by atoms with Crippen molar-refractivity contribution in [2.75, 3.05) is 5.73 Å². The van der Waals surface area contributed by atoms with E-state index in [1.165, 1.54) is 25.1 Å². The van der Waals surface area contributed by atoms with Gasteiger partial charge in [-0.3, -0.25) is 4.73 Å². The summed E-state index contributed by atoms with van der Waals surface area (Å²) in [5.74, 6) is -0.486. The topological polar surface area (TPSA) is 151 Å². The molecule has 1 aromatic carbocycles. The fourth-order valence-electron chi connectivity index (χ4n) is 1.25. The molecule has 0 aliphatic carbocycles. The van der Waals surface area contributed by atoms with Crippen molar-refractivity contribution in [1.29, 1.82) is 0 Å². The van der Waals surface area contributed by atoms with Gasteiger partial charge in [-0.15, -0.1) is 0 Å². The molecule has 1 aromatic heterocycles. The third-order valence-corrected chi connectivity index (χ3v) is 5.60. The SMILES string of the molecule is CC(=O)NO[As](=O)(OO)c1ccccc1.Nc1cc(Cl)nc[n+]1[O-]. The van der Waals surface area contributed by atoms with Crippen LogP contribution in [0.5, 0.6) is 0 Å². The Bertz CT molecular complexity index is 733. The van der Waals surface area contributed by atoms with Crippen LogP contribution in [-0.4, -0.2) is 30.3 Å². The maximum absolute atomic E-state index is 11.8. The third kappa shape index (κ3) is 6.18. The van der Waals surface area contributed by atoms with Gasteiger partial charge < -0.3 is 10.9 Å². The molecule has 1 unspecified atom stereocenters. The first-order chi connectivity index (χ1) is 11.3. The number of hydroxylamine groups is 1. The van der Waals surface area contributed by atoms with Crippen LogP contribution < -0.4 is 20.3 Å². The Hall–Kier alpha value is -2.10. The first-order valence-electron chi connectivity index (χ1n) is 6.22. The van der Waals surface area contributed by atoms with Gasteiger partial charge in [0.05, 0.1) is 6.07 Å². The Balaban J connectivity index is 0.000000272. The zero-order chi connectivity index (χ0) is 18.2. The Morgan fingerprint density at radius 2 is 2.08 bits per heavy atom. The van der Waals surface area contributed by atoms with Gasteiger partial charge in [-0.2, -0.15) is 0 Å². The number of nitrogen functional groups attached to an aromatic ring is 1. The van der Waals surface area contributed by atoms with E-state index in [0.717, 1.165) is 6.33 Å². The van der Waals surface area contributed by atoms with Crippen molar-refractivity contribution in [2.24, 2.45) is 0 Å². The molecular weight excluding hydrogens is 407 g/mol. The maximum atomic E-state index is 11.8. The molecule has 0 saturated heterocycles. The van der Waals surface area contributed by atoms with Gasteiger partial charge in [0.2, 0.25) is 17.3 Å². The first kappa shape index (κ1) is 19.9. The summed E-state index contributed by atoms with van der Waals surface area (Å²) in [7, 11) is 0. The van der Waals surface area contributed by atoms with E-state index in [1.807, 2.05) is 5.48 Å². The van der Waals surface area contributed by atoms with Crippen molar-refractivity contribution in [1.82, 2.24) is 10.5 Å². The van der Waals surface area contributed by atoms with E-state index in [-0.39, 0.29) is 15.3 Å². The Morgan fingerprint density at radius 3 is 2.54 bits per heavy atom. The van der Waals surface area contributed by atoms with Crippen LogP contribution in [0.1, 0.15) is 6.92 Å². The van der Waals surface area contributed by atoms with Gasteiger partial charge in [-0.25, -0.2) is 0 Å². The molecular formula is C12H14AsClN4O6. The van der Waals surface area contributed by atoms with Crippen molar-refractivity contribution in [2.45, 2.75) is 6.92 Å². The second kappa shape index (κ2) is 9.26. The number of carbonyl (C=O) groups excluding carboxylic acids is 1. The summed E-state index contributed by atoms with van der Waals surface area (Å²) < 4.78 is 20.9. The van der Waals surface area contributed by atoms with Gasteiger partial charge in [0, 0.05) is 0 Å². The van der Waals surface area contributed by atoms with Crippen LogP contribution in [0, 0.1) is 5.21 Å². The smallest absolute Gasteiger partial charge is 0.227 e. The van der Waals surface area contributed by atoms with E-state index in [0.29, 0.717) is 4.73 Å². The van der Waals surface area contributed by atoms with E-state index in [1.54, 1.807) is 18.2 Å². The van der Waals surface area contributed by atoms with Gasteiger partial charge >= 0.3 is 88.7 Å². The van der Waals surface area contributed by atoms with Crippen LogP contribution >= 0.6 is 11.6 Å². The van der Waals surface area contributed by atoms with E-state index >= 15 is 0 Å². The Labute approximate surface area is 144 Å². The number of anilines is 1. The molecule has 0 saturated carbocycles. The van der Waals surface area contributed by atoms with Gasteiger partial charge in [0.15, 0.2) is 0 Å². The van der Waals surface area contributed by atoms with Crippen LogP contribution in [0.3, 0.4) is 0 Å². The summed E-state index contributed by atoms with van der Waals surface area (Å²) in [6.07, 6.45) is 1.01. The summed E-state index contributed by atoms with van der Waals surface area (Å²) in [5.41, 5.74) is 7.02. The summed E-state index contributed by atoms with van der Waals surface area (Å²) in [4.78, 5) is 14.0. The average Bonchev–Trinajstić information content (AvgIpc) is 2.57. The van der Waals surface area contributed by atoms with E-state index in [4.69, 9.17) is 22.6 Å². The molecule has 2 aromatic rings. The van der Waals surface area contributed by atoms with Crippen molar-refractivity contribution in [3.8, 4) is 0 Å². The van der Waals surface area contributed by atoms with E-state index in [9.17, 15) is 13.7 Å². The predicted molar refractivity (Wildman–Crippen MR) is 83.8 cm³/mol.